The summed E-state index contributed by atoms with van der Waals surface area (Å²) in [6.45, 7) is 0.619. The largest absolute Gasteiger partial charge is 0.281 e. The van der Waals surface area contributed by atoms with Crippen molar-refractivity contribution in [1.29, 1.82) is 0 Å². The highest BCUT2D eigenvalue weighted by molar-refractivity contribution is 6.63. The van der Waals surface area contributed by atoms with Gasteiger partial charge in [-0.15, -0.1) is 0 Å². The molecular formula is C11H20ClN3O. The van der Waals surface area contributed by atoms with Crippen LogP contribution in [-0.2, 0) is 4.79 Å². The number of hydrogen-bond donors (Lipinski definition) is 0. The lowest BCUT2D eigenvalue weighted by molar-refractivity contribution is -0.111. The molecule has 0 atom stereocenters. The van der Waals surface area contributed by atoms with Gasteiger partial charge in [0.25, 0.3) is 0 Å². The average Bonchev–Trinajstić information content (AvgIpc) is 2.25. The second-order valence-corrected chi connectivity index (χ2v) is 4.31. The Hall–Kier alpha value is -0.730. The number of carbonyl (C=O) groups excluding carboxylic acids is 1. The summed E-state index contributed by atoms with van der Waals surface area (Å²) in [5, 5.41) is 3.26. The van der Waals surface area contributed by atoms with E-state index in [1.165, 1.54) is 25.7 Å². The number of nitrogens with zero attached hydrogens (tertiary/aromatic N) is 3. The second-order valence-electron chi connectivity index (χ2n) is 3.89. The van der Waals surface area contributed by atoms with Crippen LogP contribution < -0.4 is 0 Å². The maximum atomic E-state index is 10.4. The molecule has 4 nitrogen and oxygen atoms in total. The average molecular weight is 246 g/mol. The highest BCUT2D eigenvalue weighted by Crippen LogP contribution is 2.10. The first-order chi connectivity index (χ1) is 7.77. The fourth-order valence-corrected chi connectivity index (χ4v) is 1.69. The molecule has 0 aromatic heterocycles. The lowest BCUT2D eigenvalue weighted by Gasteiger charge is -2.00. The van der Waals surface area contributed by atoms with Crippen molar-refractivity contribution in [3.8, 4) is 0 Å². The molecule has 0 saturated carbocycles. The van der Waals surface area contributed by atoms with Gasteiger partial charge in [0.2, 0.25) is 5.24 Å². The molecule has 0 bridgehead atoms. The Bertz CT molecular complexity index is 217. The van der Waals surface area contributed by atoms with Crippen LogP contribution in [-0.4, -0.2) is 11.8 Å². The molecule has 0 amide bonds. The Balaban J connectivity index is 2.98. The number of hydrogen-bond acceptors (Lipinski definition) is 2. The van der Waals surface area contributed by atoms with Gasteiger partial charge in [-0.25, -0.2) is 0 Å². The number of unbranched alkanes of at least 4 members (excludes halogenated alkanes) is 7. The molecule has 5 heteroatoms. The van der Waals surface area contributed by atoms with Crippen LogP contribution in [0.5, 0.6) is 0 Å². The van der Waals surface area contributed by atoms with Crippen molar-refractivity contribution in [2.24, 2.45) is 5.11 Å². The highest BCUT2D eigenvalue weighted by atomic mass is 35.5. The highest BCUT2D eigenvalue weighted by Gasteiger charge is 1.96. The molecule has 0 spiro atoms. The van der Waals surface area contributed by atoms with E-state index in [9.17, 15) is 4.79 Å². The van der Waals surface area contributed by atoms with Crippen LogP contribution in [0.1, 0.15) is 57.8 Å². The molecule has 0 N–H and O–H groups in total. The summed E-state index contributed by atoms with van der Waals surface area (Å²) in [5.74, 6) is 0. The summed E-state index contributed by atoms with van der Waals surface area (Å²) >= 11 is 5.23. The maximum Gasteiger partial charge on any atom is 0.221 e. The predicted octanol–water partition coefficient (Wildman–Crippen LogP) is 4.57. The third kappa shape index (κ3) is 13.3. The molecule has 0 heterocycles. The summed E-state index contributed by atoms with van der Waals surface area (Å²) in [6.07, 6.45) is 9.48. The molecule has 0 radical (unpaired) electrons. The molecule has 0 aliphatic heterocycles. The van der Waals surface area contributed by atoms with Crippen LogP contribution in [0.4, 0.5) is 0 Å². The monoisotopic (exact) mass is 245 g/mol. The first kappa shape index (κ1) is 15.3. The Labute approximate surface area is 102 Å². The van der Waals surface area contributed by atoms with Gasteiger partial charge in [-0.05, 0) is 30.0 Å². The van der Waals surface area contributed by atoms with Crippen molar-refractivity contribution in [2.75, 3.05) is 6.54 Å². The van der Waals surface area contributed by atoms with E-state index in [0.717, 1.165) is 25.7 Å². The fourth-order valence-electron chi connectivity index (χ4n) is 1.55. The molecule has 0 unspecified atom stereocenters. The first-order valence-corrected chi connectivity index (χ1v) is 6.34. The van der Waals surface area contributed by atoms with E-state index in [4.69, 9.17) is 17.1 Å². The zero-order valence-corrected chi connectivity index (χ0v) is 10.5. The van der Waals surface area contributed by atoms with Gasteiger partial charge in [0.05, 0.1) is 0 Å². The Morgan fingerprint density at radius 1 is 1.00 bits per heavy atom. The third-order valence-electron chi connectivity index (χ3n) is 2.44. The van der Waals surface area contributed by atoms with Crippen LogP contribution in [0.3, 0.4) is 0 Å². The van der Waals surface area contributed by atoms with E-state index in [1.807, 2.05) is 0 Å². The van der Waals surface area contributed by atoms with Crippen molar-refractivity contribution in [3.05, 3.63) is 10.4 Å². The molecule has 0 aliphatic rings. The standard InChI is InChI=1S/C11H20ClN3O/c12-11(16)9-7-5-3-1-2-4-6-8-10-14-15-13/h1-10H2. The Morgan fingerprint density at radius 2 is 1.50 bits per heavy atom. The molecule has 16 heavy (non-hydrogen) atoms. The summed E-state index contributed by atoms with van der Waals surface area (Å²) < 4.78 is 0. The number of carbonyl (C=O) groups is 1. The van der Waals surface area contributed by atoms with E-state index >= 15 is 0 Å². The van der Waals surface area contributed by atoms with Crippen molar-refractivity contribution in [2.45, 2.75) is 57.8 Å². The van der Waals surface area contributed by atoms with Gasteiger partial charge in [0.15, 0.2) is 0 Å². The lowest BCUT2D eigenvalue weighted by Crippen LogP contribution is -1.87. The quantitative estimate of drug-likeness (QED) is 0.173. The summed E-state index contributed by atoms with van der Waals surface area (Å²) in [6, 6.07) is 0. The minimum Gasteiger partial charge on any atom is -0.281 e. The summed E-state index contributed by atoms with van der Waals surface area (Å²) in [5.41, 5.74) is 8.05. The van der Waals surface area contributed by atoms with Crippen LogP contribution in [0.25, 0.3) is 10.4 Å². The SMILES string of the molecule is [N-]=[N+]=NCCCCCCCCCCC(=O)Cl. The molecule has 0 aromatic carbocycles. The van der Waals surface area contributed by atoms with E-state index in [2.05, 4.69) is 10.0 Å². The predicted molar refractivity (Wildman–Crippen MR) is 66.4 cm³/mol. The first-order valence-electron chi connectivity index (χ1n) is 5.96. The van der Waals surface area contributed by atoms with Gasteiger partial charge in [-0.2, -0.15) is 0 Å². The Kier molecular flexibility index (Phi) is 11.8. The summed E-state index contributed by atoms with van der Waals surface area (Å²) in [7, 11) is 0. The normalized spacial score (nSPS) is 9.81. The van der Waals surface area contributed by atoms with Gasteiger partial charge < -0.3 is 0 Å². The van der Waals surface area contributed by atoms with E-state index in [0.29, 0.717) is 13.0 Å². The number of rotatable bonds is 11. The van der Waals surface area contributed by atoms with Crippen molar-refractivity contribution in [1.82, 2.24) is 0 Å². The van der Waals surface area contributed by atoms with Crippen LogP contribution >= 0.6 is 11.6 Å². The number of halogens is 1. The smallest absolute Gasteiger partial charge is 0.221 e. The van der Waals surface area contributed by atoms with Crippen molar-refractivity contribution in [3.63, 3.8) is 0 Å². The van der Waals surface area contributed by atoms with Crippen molar-refractivity contribution >= 4 is 16.8 Å². The minimum atomic E-state index is -0.224. The van der Waals surface area contributed by atoms with Gasteiger partial charge in [0.1, 0.15) is 0 Å². The van der Waals surface area contributed by atoms with Crippen molar-refractivity contribution < 1.29 is 4.79 Å². The molecule has 0 saturated heterocycles. The molecular weight excluding hydrogens is 226 g/mol. The fraction of sp³-hybridized carbons (Fsp3) is 0.909. The molecule has 0 aliphatic carbocycles. The molecule has 0 rings (SSSR count). The van der Waals surface area contributed by atoms with Gasteiger partial charge in [0, 0.05) is 17.9 Å². The third-order valence-corrected chi connectivity index (χ3v) is 2.63. The maximum absolute atomic E-state index is 10.4. The molecule has 92 valence electrons. The zero-order valence-electron chi connectivity index (χ0n) is 9.70. The molecule has 0 aromatic rings. The Morgan fingerprint density at radius 3 is 2.00 bits per heavy atom. The van der Waals surface area contributed by atoms with E-state index in [1.54, 1.807) is 0 Å². The van der Waals surface area contributed by atoms with E-state index in [-0.39, 0.29) is 5.24 Å². The lowest BCUT2D eigenvalue weighted by atomic mass is 10.1. The van der Waals surface area contributed by atoms with Gasteiger partial charge in [-0.3, -0.25) is 4.79 Å². The van der Waals surface area contributed by atoms with Crippen LogP contribution in [0, 0.1) is 0 Å². The number of azide groups is 1. The second kappa shape index (κ2) is 12.3. The minimum absolute atomic E-state index is 0.224. The molecule has 0 fully saturated rings. The summed E-state index contributed by atoms with van der Waals surface area (Å²) in [4.78, 5) is 13.1. The zero-order chi connectivity index (χ0) is 12.1. The van der Waals surface area contributed by atoms with Crippen LogP contribution in [0.2, 0.25) is 0 Å². The topological polar surface area (TPSA) is 65.8 Å². The van der Waals surface area contributed by atoms with E-state index < -0.39 is 0 Å². The van der Waals surface area contributed by atoms with Gasteiger partial charge in [-0.1, -0.05) is 43.6 Å². The van der Waals surface area contributed by atoms with Crippen LogP contribution in [0.15, 0.2) is 5.11 Å². The van der Waals surface area contributed by atoms with Gasteiger partial charge >= 0.3 is 0 Å².